The molecule has 86 valence electrons. The second-order valence-corrected chi connectivity index (χ2v) is 5.58. The zero-order valence-corrected chi connectivity index (χ0v) is 10.2. The fourth-order valence-electron chi connectivity index (χ4n) is 2.06. The molecular weight excluding hydrogens is 230 g/mol. The van der Waals surface area contributed by atoms with E-state index in [1.807, 2.05) is 24.3 Å². The number of anilines is 1. The van der Waals surface area contributed by atoms with E-state index in [2.05, 4.69) is 29.6 Å². The Balaban J connectivity index is 1.90. The second kappa shape index (κ2) is 4.34. The number of benzene rings is 2. The molecule has 2 aromatic carbocycles. The minimum atomic E-state index is -0.877. The fraction of sp³-hybridized carbons (Fsp3) is 0.143. The van der Waals surface area contributed by atoms with Crippen LogP contribution in [0.1, 0.15) is 11.1 Å². The highest BCUT2D eigenvalue weighted by Crippen LogP contribution is 2.27. The van der Waals surface area contributed by atoms with Crippen molar-refractivity contribution in [3.05, 3.63) is 59.7 Å². The van der Waals surface area contributed by atoms with Crippen molar-refractivity contribution >= 4 is 16.5 Å². The first-order valence-corrected chi connectivity index (χ1v) is 6.94. The highest BCUT2D eigenvalue weighted by Gasteiger charge is 2.17. The molecule has 3 heteroatoms. The topological polar surface area (TPSA) is 29.1 Å². The van der Waals surface area contributed by atoms with Crippen LogP contribution in [0.25, 0.3) is 0 Å². The summed E-state index contributed by atoms with van der Waals surface area (Å²) in [5.41, 5.74) is 3.51. The van der Waals surface area contributed by atoms with E-state index in [0.717, 1.165) is 17.0 Å². The molecule has 0 spiro atoms. The molecule has 1 aliphatic rings. The molecule has 1 N–H and O–H groups in total. The monoisotopic (exact) mass is 243 g/mol. The van der Waals surface area contributed by atoms with Crippen molar-refractivity contribution < 1.29 is 4.21 Å². The van der Waals surface area contributed by atoms with Crippen LogP contribution >= 0.6 is 0 Å². The third-order valence-corrected chi connectivity index (χ3v) is 4.17. The van der Waals surface area contributed by atoms with Crippen molar-refractivity contribution in [1.29, 1.82) is 0 Å². The average Bonchev–Trinajstić information content (AvgIpc) is 2.73. The largest absolute Gasteiger partial charge is 0.372 e. The van der Waals surface area contributed by atoms with Gasteiger partial charge in [0.25, 0.3) is 0 Å². The quantitative estimate of drug-likeness (QED) is 0.878. The van der Waals surface area contributed by atoms with Gasteiger partial charge in [-0.05, 0) is 29.7 Å². The second-order valence-electron chi connectivity index (χ2n) is 4.16. The third-order valence-electron chi connectivity index (χ3n) is 2.94. The number of hydrogen-bond donors (Lipinski definition) is 1. The Bertz CT molecular complexity index is 566. The molecule has 0 saturated heterocycles. The minimum Gasteiger partial charge on any atom is -0.372 e. The van der Waals surface area contributed by atoms with Gasteiger partial charge >= 0.3 is 0 Å². The van der Waals surface area contributed by atoms with Crippen LogP contribution in [0.5, 0.6) is 0 Å². The summed E-state index contributed by atoms with van der Waals surface area (Å²) in [5.74, 6) is 0.546. The molecule has 1 aliphatic heterocycles. The molecule has 2 nitrogen and oxygen atoms in total. The van der Waals surface area contributed by atoms with Gasteiger partial charge in [-0.3, -0.25) is 4.21 Å². The maximum atomic E-state index is 11.7. The molecule has 0 bridgehead atoms. The summed E-state index contributed by atoms with van der Waals surface area (Å²) in [7, 11) is -0.877. The van der Waals surface area contributed by atoms with E-state index in [-0.39, 0.29) is 0 Å². The van der Waals surface area contributed by atoms with Crippen molar-refractivity contribution in [2.24, 2.45) is 0 Å². The molecule has 0 amide bonds. The van der Waals surface area contributed by atoms with Gasteiger partial charge in [-0.1, -0.05) is 36.4 Å². The van der Waals surface area contributed by atoms with Crippen LogP contribution in [0.3, 0.4) is 0 Å². The molecule has 0 fully saturated rings. The van der Waals surface area contributed by atoms with Crippen molar-refractivity contribution in [3.8, 4) is 0 Å². The third kappa shape index (κ3) is 2.11. The van der Waals surface area contributed by atoms with Crippen LogP contribution in [0, 0.1) is 0 Å². The van der Waals surface area contributed by atoms with Gasteiger partial charge in [0.05, 0.1) is 27.3 Å². The van der Waals surface area contributed by atoms with E-state index in [0.29, 0.717) is 5.88 Å². The first-order chi connectivity index (χ1) is 8.33. The molecule has 0 radical (unpaired) electrons. The first kappa shape index (κ1) is 10.5. The lowest BCUT2D eigenvalue weighted by Crippen LogP contribution is -1.94. The maximum absolute atomic E-state index is 11.7. The summed E-state index contributed by atoms with van der Waals surface area (Å²) in [4.78, 5) is 0.943. The Morgan fingerprint density at radius 1 is 1.06 bits per heavy atom. The Morgan fingerprint density at radius 3 is 2.71 bits per heavy atom. The summed E-state index contributed by atoms with van der Waals surface area (Å²) >= 11 is 0. The molecule has 0 aromatic heterocycles. The van der Waals surface area contributed by atoms with E-state index < -0.39 is 10.8 Å². The van der Waals surface area contributed by atoms with Crippen LogP contribution in [-0.4, -0.2) is 10.1 Å². The summed E-state index contributed by atoms with van der Waals surface area (Å²) in [6, 6.07) is 16.5. The van der Waals surface area contributed by atoms with Crippen molar-refractivity contribution in [2.75, 3.05) is 11.2 Å². The van der Waals surface area contributed by atoms with Crippen LogP contribution < -0.4 is 5.32 Å². The van der Waals surface area contributed by atoms with E-state index >= 15 is 0 Å². The van der Waals surface area contributed by atoms with E-state index in [1.165, 1.54) is 11.1 Å². The van der Waals surface area contributed by atoms with Crippen LogP contribution in [0.2, 0.25) is 0 Å². The molecule has 2 aromatic rings. The summed E-state index contributed by atoms with van der Waals surface area (Å²) in [5, 5.41) is 3.14. The highest BCUT2D eigenvalue weighted by atomic mass is 32.2. The zero-order valence-electron chi connectivity index (χ0n) is 9.35. The van der Waals surface area contributed by atoms with Crippen LogP contribution in [0.4, 0.5) is 5.69 Å². The average molecular weight is 243 g/mol. The van der Waals surface area contributed by atoms with Crippen molar-refractivity contribution in [3.63, 3.8) is 0 Å². The summed E-state index contributed by atoms with van der Waals surface area (Å²) < 4.78 is 11.7. The van der Waals surface area contributed by atoms with Gasteiger partial charge in [0.2, 0.25) is 0 Å². The smallest absolute Gasteiger partial charge is 0.0959 e. The number of hydrogen-bond acceptors (Lipinski definition) is 2. The van der Waals surface area contributed by atoms with E-state index in [4.69, 9.17) is 0 Å². The summed E-state index contributed by atoms with van der Waals surface area (Å²) in [6.07, 6.45) is 0.894. The predicted octanol–water partition coefficient (Wildman–Crippen LogP) is 2.77. The van der Waals surface area contributed by atoms with Gasteiger partial charge in [0.1, 0.15) is 0 Å². The van der Waals surface area contributed by atoms with Gasteiger partial charge in [-0.15, -0.1) is 0 Å². The zero-order chi connectivity index (χ0) is 11.7. The molecule has 1 heterocycles. The molecular formula is C14H13NOS. The molecule has 17 heavy (non-hydrogen) atoms. The lowest BCUT2D eigenvalue weighted by molar-refractivity contribution is 0.686. The number of nitrogens with one attached hydrogen (secondary N) is 1. The Morgan fingerprint density at radius 2 is 1.88 bits per heavy atom. The maximum Gasteiger partial charge on any atom is 0.0959 e. The fourth-order valence-corrected chi connectivity index (χ4v) is 3.17. The molecule has 0 saturated carbocycles. The van der Waals surface area contributed by atoms with E-state index in [9.17, 15) is 4.21 Å². The SMILES string of the molecule is O=S1CNc2ccc(Cc3ccccc3)cc21. The molecule has 1 unspecified atom stereocenters. The Labute approximate surface area is 103 Å². The van der Waals surface area contributed by atoms with Gasteiger partial charge in [-0.25, -0.2) is 0 Å². The van der Waals surface area contributed by atoms with Gasteiger partial charge in [0.15, 0.2) is 0 Å². The van der Waals surface area contributed by atoms with Gasteiger partial charge in [0, 0.05) is 0 Å². The lowest BCUT2D eigenvalue weighted by Gasteiger charge is -2.04. The number of fused-ring (bicyclic) bond motifs is 1. The van der Waals surface area contributed by atoms with Gasteiger partial charge < -0.3 is 5.32 Å². The molecule has 3 rings (SSSR count). The normalized spacial score (nSPS) is 17.5. The van der Waals surface area contributed by atoms with Gasteiger partial charge in [-0.2, -0.15) is 0 Å². The highest BCUT2D eigenvalue weighted by molar-refractivity contribution is 7.85. The minimum absolute atomic E-state index is 0.546. The Hall–Kier alpha value is -1.61. The molecule has 1 atom stereocenters. The molecule has 0 aliphatic carbocycles. The lowest BCUT2D eigenvalue weighted by atomic mass is 10.0. The van der Waals surface area contributed by atoms with Crippen molar-refractivity contribution in [1.82, 2.24) is 0 Å². The standard InChI is InChI=1S/C14H13NOS/c16-17-10-15-13-7-6-12(9-14(13)17)8-11-4-2-1-3-5-11/h1-7,9,15H,8,10H2. The predicted molar refractivity (Wildman–Crippen MR) is 70.6 cm³/mol. The van der Waals surface area contributed by atoms with E-state index in [1.54, 1.807) is 0 Å². The number of rotatable bonds is 2. The van der Waals surface area contributed by atoms with Crippen LogP contribution in [-0.2, 0) is 17.2 Å². The van der Waals surface area contributed by atoms with Crippen LogP contribution in [0.15, 0.2) is 53.4 Å². The first-order valence-electron chi connectivity index (χ1n) is 5.62. The summed E-state index contributed by atoms with van der Waals surface area (Å²) in [6.45, 7) is 0. The van der Waals surface area contributed by atoms with Crippen molar-refractivity contribution in [2.45, 2.75) is 11.3 Å². The Kier molecular flexibility index (Phi) is 2.69.